The Morgan fingerprint density at radius 3 is 2.68 bits per heavy atom. The number of carbonyl (C=O) groups excluding carboxylic acids is 2. The number of benzene rings is 2. The molecule has 7 heteroatoms. The van der Waals surface area contributed by atoms with Gasteiger partial charge < -0.3 is 9.47 Å². The van der Waals surface area contributed by atoms with Crippen LogP contribution in [-0.4, -0.2) is 35.6 Å². The zero-order chi connectivity index (χ0) is 24.2. The van der Waals surface area contributed by atoms with Gasteiger partial charge in [-0.15, -0.1) is 11.3 Å². The smallest absolute Gasteiger partial charge is 0.328 e. The first-order chi connectivity index (χ1) is 16.3. The molecule has 0 saturated heterocycles. The molecule has 0 saturated carbocycles. The lowest BCUT2D eigenvalue weighted by atomic mass is 10.1. The average Bonchev–Trinajstić information content (AvgIpc) is 3.28. The van der Waals surface area contributed by atoms with Gasteiger partial charge in [-0.25, -0.2) is 9.78 Å². The molecule has 2 unspecified atom stereocenters. The van der Waals surface area contributed by atoms with Crippen molar-refractivity contribution < 1.29 is 19.1 Å². The Balaban J connectivity index is 1.58. The second-order valence-electron chi connectivity index (χ2n) is 8.97. The maximum atomic E-state index is 13.1. The van der Waals surface area contributed by atoms with Crippen LogP contribution in [-0.2, 0) is 20.7 Å². The van der Waals surface area contributed by atoms with Crippen molar-refractivity contribution in [1.82, 2.24) is 4.98 Å². The Labute approximate surface area is 204 Å². The average molecular weight is 479 g/mol. The number of anilines is 1. The minimum Gasteiger partial charge on any atom is -0.479 e. The number of ether oxygens (including phenoxy) is 2. The summed E-state index contributed by atoms with van der Waals surface area (Å²) < 4.78 is 11.3. The quantitative estimate of drug-likeness (QED) is 0.400. The van der Waals surface area contributed by atoms with E-state index in [2.05, 4.69) is 26.0 Å². The van der Waals surface area contributed by atoms with Gasteiger partial charge in [-0.05, 0) is 49.9 Å². The Morgan fingerprint density at radius 2 is 1.94 bits per heavy atom. The van der Waals surface area contributed by atoms with Crippen LogP contribution in [0.2, 0.25) is 0 Å². The van der Waals surface area contributed by atoms with Crippen LogP contribution in [0.1, 0.15) is 44.7 Å². The standard InChI is InChI=1S/C27H30N2O4S/c1-17(2)12-13-32-27(31)18(3)29-23-15-21(10-11-24(23)33-19(4)26(29)30)22-16-34-25(28-22)14-20-8-6-5-7-9-20/h5-11,15-19H,12-14H2,1-4H3. The molecule has 2 heterocycles. The molecule has 0 bridgehead atoms. The number of amides is 1. The molecule has 6 nitrogen and oxygen atoms in total. The van der Waals surface area contributed by atoms with Crippen molar-refractivity contribution >= 4 is 28.9 Å². The van der Waals surface area contributed by atoms with Gasteiger partial charge in [0.05, 0.1) is 23.0 Å². The first-order valence-corrected chi connectivity index (χ1v) is 12.5. The van der Waals surface area contributed by atoms with Crippen LogP contribution in [0.15, 0.2) is 53.9 Å². The number of hydrogen-bond donors (Lipinski definition) is 0. The fourth-order valence-electron chi connectivity index (χ4n) is 3.84. The second-order valence-corrected chi connectivity index (χ2v) is 9.91. The summed E-state index contributed by atoms with van der Waals surface area (Å²) in [4.78, 5) is 32.1. The Hall–Kier alpha value is -3.19. The molecule has 0 fully saturated rings. The van der Waals surface area contributed by atoms with Crippen molar-refractivity contribution in [3.05, 3.63) is 64.5 Å². The lowest BCUT2D eigenvalue weighted by Gasteiger charge is -2.36. The van der Waals surface area contributed by atoms with Gasteiger partial charge in [-0.2, -0.15) is 0 Å². The molecule has 1 aliphatic rings. The van der Waals surface area contributed by atoms with Gasteiger partial charge in [0.15, 0.2) is 6.10 Å². The van der Waals surface area contributed by atoms with Gasteiger partial charge in [-0.3, -0.25) is 9.69 Å². The predicted octanol–water partition coefficient (Wildman–Crippen LogP) is 5.49. The summed E-state index contributed by atoms with van der Waals surface area (Å²) >= 11 is 1.60. The highest BCUT2D eigenvalue weighted by Gasteiger charge is 2.38. The van der Waals surface area contributed by atoms with Crippen molar-refractivity contribution in [2.75, 3.05) is 11.5 Å². The summed E-state index contributed by atoms with van der Waals surface area (Å²) in [6.07, 6.45) is 0.865. The van der Waals surface area contributed by atoms with E-state index in [4.69, 9.17) is 14.5 Å². The molecular formula is C27H30N2O4S. The Bertz CT molecular complexity index is 1160. The van der Waals surface area contributed by atoms with Gasteiger partial charge in [0.2, 0.25) is 0 Å². The van der Waals surface area contributed by atoms with E-state index < -0.39 is 18.1 Å². The normalized spacial score (nSPS) is 16.2. The first-order valence-electron chi connectivity index (χ1n) is 11.6. The molecule has 0 N–H and O–H groups in total. The number of nitrogens with zero attached hydrogens (tertiary/aromatic N) is 2. The topological polar surface area (TPSA) is 68.7 Å². The number of carbonyl (C=O) groups is 2. The summed E-state index contributed by atoms with van der Waals surface area (Å²) in [6.45, 7) is 7.88. The van der Waals surface area contributed by atoms with Gasteiger partial charge in [-0.1, -0.05) is 44.2 Å². The summed E-state index contributed by atoms with van der Waals surface area (Å²) in [6, 6.07) is 15.1. The first kappa shape index (κ1) is 24.0. The SMILES string of the molecule is CC(C)CCOC(=O)C(C)N1C(=O)C(C)Oc2ccc(-c3csc(Cc4ccccc4)n3)cc21. The number of aromatic nitrogens is 1. The van der Waals surface area contributed by atoms with Crippen molar-refractivity contribution in [1.29, 1.82) is 0 Å². The van der Waals surface area contributed by atoms with Crippen molar-refractivity contribution in [3.63, 3.8) is 0 Å². The molecule has 1 amide bonds. The van der Waals surface area contributed by atoms with Crippen LogP contribution in [0.5, 0.6) is 5.75 Å². The Kier molecular flexibility index (Phi) is 7.32. The number of hydrogen-bond acceptors (Lipinski definition) is 6. The lowest BCUT2D eigenvalue weighted by molar-refractivity contribution is -0.147. The van der Waals surface area contributed by atoms with Gasteiger partial charge >= 0.3 is 5.97 Å². The molecule has 1 aromatic heterocycles. The molecule has 4 rings (SSSR count). The van der Waals surface area contributed by atoms with Crippen LogP contribution in [0.4, 0.5) is 5.69 Å². The number of esters is 1. The molecule has 2 atom stereocenters. The third kappa shape index (κ3) is 5.30. The monoisotopic (exact) mass is 478 g/mol. The third-order valence-corrected chi connectivity index (χ3v) is 6.67. The zero-order valence-corrected chi connectivity index (χ0v) is 20.8. The molecule has 0 radical (unpaired) electrons. The van der Waals surface area contributed by atoms with E-state index in [1.54, 1.807) is 25.2 Å². The predicted molar refractivity (Wildman–Crippen MR) is 134 cm³/mol. The molecule has 2 aromatic carbocycles. The van der Waals surface area contributed by atoms with Crippen LogP contribution in [0.25, 0.3) is 11.3 Å². The van der Waals surface area contributed by atoms with E-state index in [0.29, 0.717) is 24.0 Å². The fraction of sp³-hybridized carbons (Fsp3) is 0.370. The number of thiazole rings is 1. The molecule has 1 aliphatic heterocycles. The minimum atomic E-state index is -0.760. The Morgan fingerprint density at radius 1 is 1.18 bits per heavy atom. The van der Waals surface area contributed by atoms with Crippen LogP contribution in [0, 0.1) is 5.92 Å². The highest BCUT2D eigenvalue weighted by molar-refractivity contribution is 7.10. The summed E-state index contributed by atoms with van der Waals surface area (Å²) in [5, 5.41) is 3.03. The maximum absolute atomic E-state index is 13.1. The molecule has 0 aliphatic carbocycles. The third-order valence-electron chi connectivity index (χ3n) is 5.82. The van der Waals surface area contributed by atoms with E-state index >= 15 is 0 Å². The van der Waals surface area contributed by atoms with Crippen molar-refractivity contribution in [2.24, 2.45) is 5.92 Å². The lowest BCUT2D eigenvalue weighted by Crippen LogP contribution is -2.52. The second kappa shape index (κ2) is 10.4. The number of fused-ring (bicyclic) bond motifs is 1. The van der Waals surface area contributed by atoms with E-state index in [-0.39, 0.29) is 5.91 Å². The largest absolute Gasteiger partial charge is 0.479 e. The van der Waals surface area contributed by atoms with Crippen LogP contribution < -0.4 is 9.64 Å². The van der Waals surface area contributed by atoms with E-state index in [9.17, 15) is 9.59 Å². The van der Waals surface area contributed by atoms with Crippen molar-refractivity contribution in [3.8, 4) is 17.0 Å². The zero-order valence-electron chi connectivity index (χ0n) is 20.0. The fourth-order valence-corrected chi connectivity index (χ4v) is 4.67. The summed E-state index contributed by atoms with van der Waals surface area (Å²) in [5.41, 5.74) is 3.46. The van der Waals surface area contributed by atoms with E-state index in [1.165, 1.54) is 10.5 Å². The molecule has 0 spiro atoms. The molecular weight excluding hydrogens is 448 g/mol. The molecule has 178 valence electrons. The van der Waals surface area contributed by atoms with Crippen LogP contribution >= 0.6 is 11.3 Å². The van der Waals surface area contributed by atoms with Gasteiger partial charge in [0.25, 0.3) is 5.91 Å². The van der Waals surface area contributed by atoms with Crippen LogP contribution in [0.3, 0.4) is 0 Å². The van der Waals surface area contributed by atoms with E-state index in [1.807, 2.05) is 41.8 Å². The highest BCUT2D eigenvalue weighted by atomic mass is 32.1. The summed E-state index contributed by atoms with van der Waals surface area (Å²) in [7, 11) is 0. The van der Waals surface area contributed by atoms with E-state index in [0.717, 1.165) is 29.1 Å². The maximum Gasteiger partial charge on any atom is 0.328 e. The number of rotatable bonds is 8. The molecule has 34 heavy (non-hydrogen) atoms. The minimum absolute atomic E-state index is 0.263. The van der Waals surface area contributed by atoms with Gasteiger partial charge in [0.1, 0.15) is 11.8 Å². The summed E-state index contributed by atoms with van der Waals surface area (Å²) in [5.74, 6) is 0.318. The van der Waals surface area contributed by atoms with Crippen molar-refractivity contribution in [2.45, 2.75) is 52.7 Å². The van der Waals surface area contributed by atoms with Gasteiger partial charge in [0, 0.05) is 17.4 Å². The highest BCUT2D eigenvalue weighted by Crippen LogP contribution is 2.39. The molecule has 3 aromatic rings.